The Morgan fingerprint density at radius 3 is 1.83 bits per heavy atom. The Bertz CT molecular complexity index is 2890. The third-order valence-corrected chi connectivity index (χ3v) is 11.8. The van der Waals surface area contributed by atoms with E-state index in [1.165, 1.54) is 34.1 Å². The van der Waals surface area contributed by atoms with Crippen LogP contribution in [0.4, 0.5) is 27.1 Å². The van der Waals surface area contributed by atoms with E-state index in [0.29, 0.717) is 6.67 Å². The quantitative estimate of drug-likeness (QED) is 0.168. The lowest BCUT2D eigenvalue weighted by molar-refractivity contribution is 0.483. The van der Waals surface area contributed by atoms with Crippen molar-refractivity contribution in [1.29, 1.82) is 0 Å². The lowest BCUT2D eigenvalue weighted by atomic mass is 9.80. The maximum Gasteiger partial charge on any atom is 0.137 e. The number of hydrogen-bond donors (Lipinski definition) is 0. The van der Waals surface area contributed by atoms with E-state index in [4.69, 9.17) is 9.72 Å². The molecule has 0 saturated heterocycles. The summed E-state index contributed by atoms with van der Waals surface area (Å²) in [5.41, 5.74) is 12.2. The van der Waals surface area contributed by atoms with Crippen molar-refractivity contribution in [3.63, 3.8) is 0 Å². The van der Waals surface area contributed by atoms with Crippen LogP contribution in [0.3, 0.4) is 0 Å². The van der Waals surface area contributed by atoms with Crippen LogP contribution in [0.1, 0.15) is 79.0 Å². The van der Waals surface area contributed by atoms with Crippen LogP contribution in [0.15, 0.2) is 146 Å². The van der Waals surface area contributed by atoms with Gasteiger partial charge in [-0.15, -0.1) is 0 Å². The van der Waals surface area contributed by atoms with Gasteiger partial charge in [0.15, 0.2) is 0 Å². The minimum Gasteiger partial charge on any atom is -0.457 e. The normalized spacial score (nSPS) is 13.4. The van der Waals surface area contributed by atoms with Crippen LogP contribution in [-0.2, 0) is 16.2 Å². The van der Waals surface area contributed by atoms with Crippen molar-refractivity contribution in [2.24, 2.45) is 0 Å². The summed E-state index contributed by atoms with van der Waals surface area (Å²) in [7, 11) is 0. The third kappa shape index (κ3) is 7.29. The maximum atomic E-state index is 14.3. The van der Waals surface area contributed by atoms with Crippen molar-refractivity contribution in [3.05, 3.63) is 168 Å². The van der Waals surface area contributed by atoms with Crippen molar-refractivity contribution in [2.75, 3.05) is 16.5 Å². The van der Waals surface area contributed by atoms with E-state index in [-0.39, 0.29) is 22.1 Å². The Morgan fingerprint density at radius 2 is 1.15 bits per heavy atom. The molecule has 0 bridgehead atoms. The van der Waals surface area contributed by atoms with E-state index in [1.807, 2.05) is 24.4 Å². The number of aromatic nitrogens is 2. The van der Waals surface area contributed by atoms with E-state index >= 15 is 0 Å². The Balaban J connectivity index is 1.10. The molecule has 0 fully saturated rings. The number of fused-ring (bicyclic) bond motifs is 4. The molecular formula is C54H53FN4O. The summed E-state index contributed by atoms with van der Waals surface area (Å²) in [6.45, 7) is 21.1. The van der Waals surface area contributed by atoms with Gasteiger partial charge in [-0.1, -0.05) is 105 Å². The average Bonchev–Trinajstić information content (AvgIpc) is 3.76. The van der Waals surface area contributed by atoms with Gasteiger partial charge in [0.05, 0.1) is 22.4 Å². The van der Waals surface area contributed by atoms with Gasteiger partial charge in [0.1, 0.15) is 29.8 Å². The van der Waals surface area contributed by atoms with Crippen LogP contribution in [0.5, 0.6) is 11.5 Å². The van der Waals surface area contributed by atoms with Crippen molar-refractivity contribution < 1.29 is 9.13 Å². The van der Waals surface area contributed by atoms with Crippen LogP contribution >= 0.6 is 0 Å². The van der Waals surface area contributed by atoms with Crippen LogP contribution < -0.4 is 14.5 Å². The third-order valence-electron chi connectivity index (χ3n) is 11.8. The van der Waals surface area contributed by atoms with E-state index in [0.717, 1.165) is 61.6 Å². The molecule has 8 aromatic rings. The lowest BCUT2D eigenvalue weighted by Gasteiger charge is -2.29. The Morgan fingerprint density at radius 1 is 0.500 bits per heavy atom. The molecule has 0 spiro atoms. The first-order valence-electron chi connectivity index (χ1n) is 20.9. The standard InChI is InChI=1S/C54H53FN4O/c1-52(2,3)37-24-25-56-51(31-37)59-47-23-20-36(35-14-12-15-40(55)26-35)27-46(47)45-22-21-44(33-50(45)59)60-43-17-13-16-41(32-43)57-34-58(49-19-11-10-18-48(49)57)42-29-38(53(4,5)6)28-39(30-42)54(7,8)9/h10-33H,34H2,1-9H3. The molecule has 60 heavy (non-hydrogen) atoms. The monoisotopic (exact) mass is 792 g/mol. The molecule has 5 nitrogen and oxygen atoms in total. The summed E-state index contributed by atoms with van der Waals surface area (Å²) in [4.78, 5) is 9.70. The van der Waals surface area contributed by atoms with Gasteiger partial charge in [0.25, 0.3) is 0 Å². The second kappa shape index (κ2) is 14.4. The Hall–Kier alpha value is -6.40. The summed E-state index contributed by atoms with van der Waals surface area (Å²) < 4.78 is 23.3. The zero-order valence-electron chi connectivity index (χ0n) is 36.1. The number of hydrogen-bond acceptors (Lipinski definition) is 4. The van der Waals surface area contributed by atoms with Gasteiger partial charge >= 0.3 is 0 Å². The van der Waals surface area contributed by atoms with Crippen molar-refractivity contribution in [2.45, 2.75) is 78.6 Å². The predicted octanol–water partition coefficient (Wildman–Crippen LogP) is 14.9. The molecule has 0 unspecified atom stereocenters. The smallest absolute Gasteiger partial charge is 0.137 e. The number of nitrogens with zero attached hydrogens (tertiary/aromatic N) is 4. The first-order chi connectivity index (χ1) is 28.5. The topological polar surface area (TPSA) is 33.5 Å². The number of pyridine rings is 1. The van der Waals surface area contributed by atoms with Gasteiger partial charge in [-0.3, -0.25) is 4.57 Å². The number of ether oxygens (including phenoxy) is 1. The highest BCUT2D eigenvalue weighted by Crippen LogP contribution is 2.47. The second-order valence-electron chi connectivity index (χ2n) is 19.3. The first kappa shape index (κ1) is 39.1. The molecule has 0 atom stereocenters. The van der Waals surface area contributed by atoms with Gasteiger partial charge in [0, 0.05) is 40.5 Å². The molecule has 3 heterocycles. The van der Waals surface area contributed by atoms with Crippen LogP contribution in [-0.4, -0.2) is 16.2 Å². The fraction of sp³-hybridized carbons (Fsp3) is 0.241. The zero-order valence-corrected chi connectivity index (χ0v) is 36.1. The SMILES string of the molecule is CC(C)(C)c1cc(N2CN(c3cccc(Oc4ccc5c6cc(-c7cccc(F)c7)ccc6n(-c6cc(C(C)(C)C)ccn6)c5c4)c3)c3ccccc32)cc(C(C)(C)C)c1. The Kier molecular flexibility index (Phi) is 9.38. The molecule has 0 amide bonds. The second-order valence-corrected chi connectivity index (χ2v) is 19.3. The van der Waals surface area contributed by atoms with Gasteiger partial charge in [-0.25, -0.2) is 9.37 Å². The molecule has 0 saturated carbocycles. The minimum atomic E-state index is -0.254. The molecule has 6 heteroatoms. The van der Waals surface area contributed by atoms with Crippen LogP contribution in [0, 0.1) is 5.82 Å². The van der Waals surface area contributed by atoms with Gasteiger partial charge < -0.3 is 14.5 Å². The fourth-order valence-electron chi connectivity index (χ4n) is 8.31. The number of para-hydroxylation sites is 2. The predicted molar refractivity (Wildman–Crippen MR) is 249 cm³/mol. The van der Waals surface area contributed by atoms with E-state index in [1.54, 1.807) is 12.1 Å². The molecule has 0 N–H and O–H groups in total. The zero-order chi connectivity index (χ0) is 42.1. The molecule has 1 aliphatic rings. The highest BCUT2D eigenvalue weighted by molar-refractivity contribution is 6.10. The summed E-state index contributed by atoms with van der Waals surface area (Å²) in [6.07, 6.45) is 1.89. The maximum absolute atomic E-state index is 14.3. The largest absolute Gasteiger partial charge is 0.457 e. The first-order valence-corrected chi connectivity index (χ1v) is 20.9. The van der Waals surface area contributed by atoms with E-state index in [9.17, 15) is 4.39 Å². The highest BCUT2D eigenvalue weighted by atomic mass is 19.1. The van der Waals surface area contributed by atoms with Crippen molar-refractivity contribution in [3.8, 4) is 28.4 Å². The van der Waals surface area contributed by atoms with Gasteiger partial charge in [0.2, 0.25) is 0 Å². The number of rotatable bonds is 6. The molecule has 6 aromatic carbocycles. The van der Waals surface area contributed by atoms with Crippen LogP contribution in [0.2, 0.25) is 0 Å². The van der Waals surface area contributed by atoms with Gasteiger partial charge in [-0.2, -0.15) is 0 Å². The molecule has 1 aliphatic heterocycles. The minimum absolute atomic E-state index is 0.0107. The number of halogens is 1. The summed E-state index contributed by atoms with van der Waals surface area (Å²) in [5, 5.41) is 2.12. The number of benzene rings is 6. The summed E-state index contributed by atoms with van der Waals surface area (Å²) in [5.74, 6) is 2.05. The molecule has 9 rings (SSSR count). The van der Waals surface area contributed by atoms with Crippen molar-refractivity contribution in [1.82, 2.24) is 9.55 Å². The molecule has 2 aromatic heterocycles. The summed E-state index contributed by atoms with van der Waals surface area (Å²) >= 11 is 0. The summed E-state index contributed by atoms with van der Waals surface area (Å²) in [6, 6.07) is 47.8. The fourth-order valence-corrected chi connectivity index (χ4v) is 8.31. The molecule has 0 radical (unpaired) electrons. The average molecular weight is 793 g/mol. The number of anilines is 4. The lowest BCUT2D eigenvalue weighted by Crippen LogP contribution is -2.25. The van der Waals surface area contributed by atoms with Crippen LogP contribution in [0.25, 0.3) is 38.8 Å². The molecule has 0 aliphatic carbocycles. The molecule has 302 valence electrons. The van der Waals surface area contributed by atoms with Crippen molar-refractivity contribution >= 4 is 44.6 Å². The Labute approximate surface area is 353 Å². The van der Waals surface area contributed by atoms with Gasteiger partial charge in [-0.05, 0) is 129 Å². The van der Waals surface area contributed by atoms with E-state index in [2.05, 4.69) is 180 Å². The molecular weight excluding hydrogens is 740 g/mol. The van der Waals surface area contributed by atoms with E-state index < -0.39 is 0 Å². The highest BCUT2D eigenvalue weighted by Gasteiger charge is 2.30.